The molecule has 10 heavy (non-hydrogen) atoms. The van der Waals surface area contributed by atoms with Gasteiger partial charge in [0.25, 0.3) is 0 Å². The number of hydrogen-bond donors (Lipinski definition) is 2. The van der Waals surface area contributed by atoms with Gasteiger partial charge in [-0.05, 0) is 3.93 Å². The molecule has 0 spiro atoms. The standard InChI is InChI=1S/C7H9IO2/c8-2-1-5-6(3-9)7(5)4-10/h5-7,9-10H,3-4H2/t5-,6+,7-. The molecule has 1 rings (SSSR count). The monoisotopic (exact) mass is 252 g/mol. The van der Waals surface area contributed by atoms with Crippen molar-refractivity contribution in [1.82, 2.24) is 0 Å². The lowest BCUT2D eigenvalue weighted by molar-refractivity contribution is 0.232. The van der Waals surface area contributed by atoms with E-state index < -0.39 is 0 Å². The highest BCUT2D eigenvalue weighted by Gasteiger charge is 2.48. The van der Waals surface area contributed by atoms with E-state index in [4.69, 9.17) is 10.2 Å². The first-order chi connectivity index (χ1) is 4.85. The summed E-state index contributed by atoms with van der Waals surface area (Å²) in [6, 6.07) is 0. The summed E-state index contributed by atoms with van der Waals surface area (Å²) in [6.07, 6.45) is 0. The third-order valence-corrected chi connectivity index (χ3v) is 2.29. The summed E-state index contributed by atoms with van der Waals surface area (Å²) in [6.45, 7) is 0.308. The van der Waals surface area contributed by atoms with Gasteiger partial charge in [0.15, 0.2) is 0 Å². The predicted octanol–water partition coefficient (Wildman–Crippen LogP) is 0.229. The van der Waals surface area contributed by atoms with E-state index in [1.165, 1.54) is 0 Å². The Balaban J connectivity index is 2.41. The quantitative estimate of drug-likeness (QED) is 0.545. The summed E-state index contributed by atoms with van der Waals surface area (Å²) < 4.78 is 2.76. The lowest BCUT2D eigenvalue weighted by Crippen LogP contribution is -1.91. The fourth-order valence-corrected chi connectivity index (χ4v) is 1.58. The molecule has 0 amide bonds. The van der Waals surface area contributed by atoms with Gasteiger partial charge in [-0.1, -0.05) is 5.92 Å². The van der Waals surface area contributed by atoms with E-state index in [2.05, 4.69) is 9.85 Å². The third-order valence-electron chi connectivity index (χ3n) is 1.97. The first-order valence-electron chi connectivity index (χ1n) is 3.18. The van der Waals surface area contributed by atoms with Gasteiger partial charge in [-0.15, -0.1) is 0 Å². The summed E-state index contributed by atoms with van der Waals surface area (Å²) >= 11 is 1.97. The maximum absolute atomic E-state index is 8.72. The van der Waals surface area contributed by atoms with Crippen LogP contribution in [0.4, 0.5) is 0 Å². The van der Waals surface area contributed by atoms with Crippen LogP contribution in [-0.4, -0.2) is 23.4 Å². The van der Waals surface area contributed by atoms with Crippen LogP contribution in [0, 0.1) is 27.6 Å². The van der Waals surface area contributed by atoms with Crippen molar-refractivity contribution in [3.8, 4) is 9.85 Å². The fraction of sp³-hybridized carbons (Fsp3) is 0.714. The Morgan fingerprint density at radius 1 is 1.20 bits per heavy atom. The molecule has 0 aromatic heterocycles. The Hall–Kier alpha value is 0.210. The Kier molecular flexibility index (Phi) is 2.96. The second-order valence-electron chi connectivity index (χ2n) is 2.46. The van der Waals surface area contributed by atoms with Crippen LogP contribution in [0.3, 0.4) is 0 Å². The molecule has 2 N–H and O–H groups in total. The first-order valence-corrected chi connectivity index (χ1v) is 4.26. The van der Waals surface area contributed by atoms with Gasteiger partial charge in [0.05, 0.1) is 0 Å². The lowest BCUT2D eigenvalue weighted by Gasteiger charge is -1.84. The molecular weight excluding hydrogens is 243 g/mol. The van der Waals surface area contributed by atoms with Crippen molar-refractivity contribution in [2.75, 3.05) is 13.2 Å². The van der Waals surface area contributed by atoms with Crippen molar-refractivity contribution in [2.24, 2.45) is 17.8 Å². The van der Waals surface area contributed by atoms with E-state index in [0.717, 1.165) is 0 Å². The molecule has 0 bridgehead atoms. The van der Waals surface area contributed by atoms with Crippen LogP contribution in [0.5, 0.6) is 0 Å². The van der Waals surface area contributed by atoms with Gasteiger partial charge >= 0.3 is 0 Å². The molecule has 3 atom stereocenters. The van der Waals surface area contributed by atoms with Crippen molar-refractivity contribution in [3.63, 3.8) is 0 Å². The zero-order valence-electron chi connectivity index (χ0n) is 5.42. The molecule has 0 aliphatic heterocycles. The minimum Gasteiger partial charge on any atom is -0.396 e. The summed E-state index contributed by atoms with van der Waals surface area (Å²) in [5.74, 6) is 3.64. The highest BCUT2D eigenvalue weighted by atomic mass is 127. The third kappa shape index (κ3) is 1.44. The lowest BCUT2D eigenvalue weighted by atomic mass is 10.3. The summed E-state index contributed by atoms with van der Waals surface area (Å²) in [5, 5.41) is 17.4. The zero-order chi connectivity index (χ0) is 7.56. The molecule has 0 aromatic carbocycles. The van der Waals surface area contributed by atoms with Gasteiger partial charge in [0.2, 0.25) is 0 Å². The second-order valence-corrected chi connectivity index (χ2v) is 3.00. The molecule has 2 nitrogen and oxygen atoms in total. The number of aliphatic hydroxyl groups is 2. The SMILES string of the molecule is OC[C@@H]1[C@H](C#CI)[C@@H]1CO. The number of halogens is 1. The highest BCUT2D eigenvalue weighted by Crippen LogP contribution is 2.44. The molecule has 1 aliphatic rings. The van der Waals surface area contributed by atoms with Gasteiger partial charge < -0.3 is 10.2 Å². The van der Waals surface area contributed by atoms with Crippen molar-refractivity contribution >= 4 is 22.6 Å². The van der Waals surface area contributed by atoms with Crippen LogP contribution in [0.25, 0.3) is 0 Å². The summed E-state index contributed by atoms with van der Waals surface area (Å²) in [5.41, 5.74) is 0. The molecule has 0 radical (unpaired) electrons. The maximum atomic E-state index is 8.72. The predicted molar refractivity (Wildman–Crippen MR) is 46.4 cm³/mol. The molecule has 0 saturated heterocycles. The van der Waals surface area contributed by atoms with Crippen LogP contribution in [0.15, 0.2) is 0 Å². The van der Waals surface area contributed by atoms with Gasteiger partial charge in [0.1, 0.15) is 0 Å². The molecule has 0 unspecified atom stereocenters. The largest absolute Gasteiger partial charge is 0.396 e. The van der Waals surface area contributed by atoms with Crippen molar-refractivity contribution in [3.05, 3.63) is 0 Å². The van der Waals surface area contributed by atoms with Crippen LogP contribution >= 0.6 is 22.6 Å². The smallest absolute Gasteiger partial charge is 0.0475 e. The van der Waals surface area contributed by atoms with Gasteiger partial charge in [-0.25, -0.2) is 0 Å². The van der Waals surface area contributed by atoms with E-state index in [0.29, 0.717) is 0 Å². The zero-order valence-corrected chi connectivity index (χ0v) is 7.58. The first kappa shape index (κ1) is 8.31. The fourth-order valence-electron chi connectivity index (χ4n) is 1.22. The number of aliphatic hydroxyl groups excluding tert-OH is 2. The van der Waals surface area contributed by atoms with Crippen LogP contribution in [0.2, 0.25) is 0 Å². The van der Waals surface area contributed by atoms with E-state index in [-0.39, 0.29) is 31.0 Å². The minimum absolute atomic E-state index is 0.154. The molecule has 1 saturated carbocycles. The number of hydrogen-bond acceptors (Lipinski definition) is 2. The average molecular weight is 252 g/mol. The van der Waals surface area contributed by atoms with Crippen LogP contribution in [-0.2, 0) is 0 Å². The van der Waals surface area contributed by atoms with E-state index >= 15 is 0 Å². The van der Waals surface area contributed by atoms with Crippen molar-refractivity contribution in [1.29, 1.82) is 0 Å². The second kappa shape index (κ2) is 3.56. The van der Waals surface area contributed by atoms with E-state index in [1.54, 1.807) is 0 Å². The molecule has 3 heteroatoms. The Bertz CT molecular complexity index is 160. The molecule has 0 heterocycles. The van der Waals surface area contributed by atoms with E-state index in [1.807, 2.05) is 22.6 Å². The van der Waals surface area contributed by atoms with Crippen LogP contribution in [0.1, 0.15) is 0 Å². The van der Waals surface area contributed by atoms with Gasteiger partial charge in [-0.3, -0.25) is 0 Å². The number of rotatable bonds is 2. The normalized spacial score (nSPS) is 36.5. The molecule has 1 aliphatic carbocycles. The maximum Gasteiger partial charge on any atom is 0.0475 e. The van der Waals surface area contributed by atoms with Crippen LogP contribution < -0.4 is 0 Å². The summed E-state index contributed by atoms with van der Waals surface area (Å²) in [7, 11) is 0. The highest BCUT2D eigenvalue weighted by molar-refractivity contribution is 14.1. The Morgan fingerprint density at radius 2 is 1.70 bits per heavy atom. The van der Waals surface area contributed by atoms with Crippen molar-refractivity contribution in [2.45, 2.75) is 0 Å². The van der Waals surface area contributed by atoms with E-state index in [9.17, 15) is 0 Å². The molecular formula is C7H9IO2. The van der Waals surface area contributed by atoms with Gasteiger partial charge in [-0.2, -0.15) is 0 Å². The van der Waals surface area contributed by atoms with Gasteiger partial charge in [0, 0.05) is 53.6 Å². The Morgan fingerprint density at radius 3 is 2.00 bits per heavy atom. The minimum atomic E-state index is 0.154. The molecule has 1 fully saturated rings. The molecule has 0 aromatic rings. The summed E-state index contributed by atoms with van der Waals surface area (Å²) in [4.78, 5) is 0. The molecule has 56 valence electrons. The average Bonchev–Trinajstić information content (AvgIpc) is 2.62. The topological polar surface area (TPSA) is 40.5 Å². The Labute approximate surface area is 73.8 Å². The van der Waals surface area contributed by atoms with Crippen molar-refractivity contribution < 1.29 is 10.2 Å².